The second-order valence-corrected chi connectivity index (χ2v) is 8.68. The van der Waals surface area contributed by atoms with Crippen LogP contribution in [0.1, 0.15) is 22.4 Å². The van der Waals surface area contributed by atoms with E-state index in [0.29, 0.717) is 26.5 Å². The Bertz CT molecular complexity index is 1380. The number of nitrogens with zero attached hydrogens (tertiary/aromatic N) is 3. The summed E-state index contributed by atoms with van der Waals surface area (Å²) in [6.45, 7) is 0.255. The lowest BCUT2D eigenvalue weighted by atomic mass is 10.1. The molecule has 6 nitrogen and oxygen atoms in total. The first-order chi connectivity index (χ1) is 15.7. The van der Waals surface area contributed by atoms with Gasteiger partial charge in [-0.15, -0.1) is 11.3 Å². The van der Waals surface area contributed by atoms with Crippen molar-refractivity contribution >= 4 is 44.9 Å². The molecule has 2 heterocycles. The topological polar surface area (TPSA) is 76.9 Å². The number of halogens is 4. The highest BCUT2D eigenvalue weighted by Gasteiger charge is 2.31. The van der Waals surface area contributed by atoms with E-state index in [-0.39, 0.29) is 35.7 Å². The number of aryl methyl sites for hydroxylation is 1. The zero-order valence-electron chi connectivity index (χ0n) is 16.9. The average molecular weight is 493 g/mol. The van der Waals surface area contributed by atoms with Crippen LogP contribution in [-0.2, 0) is 23.9 Å². The monoisotopic (exact) mass is 492 g/mol. The maximum absolute atomic E-state index is 13.0. The van der Waals surface area contributed by atoms with Crippen molar-refractivity contribution < 1.29 is 18.0 Å². The highest BCUT2D eigenvalue weighted by Crippen LogP contribution is 2.33. The number of anilines is 1. The number of hydrogen-bond donors (Lipinski definition) is 1. The standard InChI is InChI=1S/C22H16ClF3N4O2S/c23-17-6-5-14(22(24,25)26)9-13(17)10-15-11-27-21(33-15)29-20(32)7-8-30-18-4-2-1-3-16(18)19(31)12-28-30/h1-6,9,11-12H,7-8,10H2,(H,27,29,32). The molecule has 4 aromatic rings. The van der Waals surface area contributed by atoms with E-state index in [0.717, 1.165) is 23.5 Å². The van der Waals surface area contributed by atoms with Gasteiger partial charge in [-0.05, 0) is 35.9 Å². The summed E-state index contributed by atoms with van der Waals surface area (Å²) in [5, 5.41) is 7.84. The summed E-state index contributed by atoms with van der Waals surface area (Å²) in [6.07, 6.45) is -1.50. The molecule has 2 aromatic carbocycles. The lowest BCUT2D eigenvalue weighted by molar-refractivity contribution is -0.137. The van der Waals surface area contributed by atoms with Crippen molar-refractivity contribution in [2.24, 2.45) is 0 Å². The molecule has 0 saturated carbocycles. The lowest BCUT2D eigenvalue weighted by Gasteiger charge is -2.09. The molecule has 0 atom stereocenters. The molecule has 0 aliphatic carbocycles. The van der Waals surface area contributed by atoms with Crippen molar-refractivity contribution in [3.05, 3.63) is 86.1 Å². The molecule has 1 N–H and O–H groups in total. The number of carbonyl (C=O) groups is 1. The van der Waals surface area contributed by atoms with Crippen molar-refractivity contribution in [2.45, 2.75) is 25.6 Å². The van der Waals surface area contributed by atoms with Crippen LogP contribution in [0, 0.1) is 0 Å². The van der Waals surface area contributed by atoms with Gasteiger partial charge in [0.05, 0.1) is 23.8 Å². The van der Waals surface area contributed by atoms with Crippen molar-refractivity contribution in [3.63, 3.8) is 0 Å². The number of thiazole rings is 1. The molecular weight excluding hydrogens is 477 g/mol. The molecule has 0 fully saturated rings. The number of fused-ring (bicyclic) bond motifs is 1. The Morgan fingerprint density at radius 2 is 1.94 bits per heavy atom. The summed E-state index contributed by atoms with van der Waals surface area (Å²) in [4.78, 5) is 29.1. The normalized spacial score (nSPS) is 11.6. The van der Waals surface area contributed by atoms with Crippen LogP contribution in [0.5, 0.6) is 0 Å². The zero-order chi connectivity index (χ0) is 23.6. The van der Waals surface area contributed by atoms with Crippen molar-refractivity contribution in [2.75, 3.05) is 5.32 Å². The first-order valence-corrected chi connectivity index (χ1v) is 11.0. The molecule has 0 bridgehead atoms. The van der Waals surface area contributed by atoms with Gasteiger partial charge < -0.3 is 5.32 Å². The molecule has 33 heavy (non-hydrogen) atoms. The molecule has 2 aromatic heterocycles. The smallest absolute Gasteiger partial charge is 0.302 e. The summed E-state index contributed by atoms with van der Waals surface area (Å²) in [6, 6.07) is 10.2. The third kappa shape index (κ3) is 5.40. The maximum atomic E-state index is 13.0. The fraction of sp³-hybridized carbons (Fsp3) is 0.182. The Morgan fingerprint density at radius 1 is 1.15 bits per heavy atom. The molecular formula is C22H16ClF3N4O2S. The van der Waals surface area contributed by atoms with Crippen LogP contribution in [0.4, 0.5) is 18.3 Å². The number of aromatic nitrogens is 3. The Balaban J connectivity index is 1.40. The third-order valence-electron chi connectivity index (χ3n) is 4.85. The van der Waals surface area contributed by atoms with E-state index in [1.165, 1.54) is 18.5 Å². The summed E-state index contributed by atoms with van der Waals surface area (Å²) in [7, 11) is 0. The molecule has 0 radical (unpaired) electrons. The van der Waals surface area contributed by atoms with E-state index < -0.39 is 11.7 Å². The van der Waals surface area contributed by atoms with Crippen molar-refractivity contribution in [3.8, 4) is 0 Å². The molecule has 0 saturated heterocycles. The predicted octanol–water partition coefficient (Wildman–Crippen LogP) is 5.14. The van der Waals surface area contributed by atoms with E-state index >= 15 is 0 Å². The van der Waals surface area contributed by atoms with Crippen LogP contribution in [0.15, 0.2) is 59.7 Å². The van der Waals surface area contributed by atoms with Gasteiger partial charge in [0.2, 0.25) is 11.3 Å². The fourth-order valence-corrected chi connectivity index (χ4v) is 4.29. The second-order valence-electron chi connectivity index (χ2n) is 7.16. The van der Waals surface area contributed by atoms with Gasteiger partial charge in [-0.25, -0.2) is 4.98 Å². The van der Waals surface area contributed by atoms with E-state index in [4.69, 9.17) is 11.6 Å². The van der Waals surface area contributed by atoms with Crippen LogP contribution in [0.3, 0.4) is 0 Å². The van der Waals surface area contributed by atoms with Crippen molar-refractivity contribution in [1.82, 2.24) is 14.8 Å². The van der Waals surface area contributed by atoms with Gasteiger partial charge in [-0.2, -0.15) is 18.3 Å². The first kappa shape index (κ1) is 22.9. The Morgan fingerprint density at radius 3 is 2.73 bits per heavy atom. The number of benzene rings is 2. The van der Waals surface area contributed by atoms with Gasteiger partial charge in [-0.3, -0.25) is 14.3 Å². The number of para-hydroxylation sites is 1. The highest BCUT2D eigenvalue weighted by molar-refractivity contribution is 7.15. The molecule has 11 heteroatoms. The first-order valence-electron chi connectivity index (χ1n) is 9.76. The van der Waals surface area contributed by atoms with Gasteiger partial charge in [0.15, 0.2) is 5.13 Å². The van der Waals surface area contributed by atoms with Crippen LogP contribution in [0.2, 0.25) is 5.02 Å². The highest BCUT2D eigenvalue weighted by atomic mass is 35.5. The molecule has 0 spiro atoms. The zero-order valence-corrected chi connectivity index (χ0v) is 18.5. The minimum atomic E-state index is -4.46. The van der Waals surface area contributed by atoms with E-state index in [1.807, 2.05) is 0 Å². The summed E-state index contributed by atoms with van der Waals surface area (Å²) >= 11 is 7.21. The van der Waals surface area contributed by atoms with Gasteiger partial charge in [0, 0.05) is 34.3 Å². The van der Waals surface area contributed by atoms with E-state index in [9.17, 15) is 22.8 Å². The summed E-state index contributed by atoms with van der Waals surface area (Å²) in [5.41, 5.74) is -0.0115. The quantitative estimate of drug-likeness (QED) is 0.404. The predicted molar refractivity (Wildman–Crippen MR) is 121 cm³/mol. The Kier molecular flexibility index (Phi) is 6.48. The van der Waals surface area contributed by atoms with Crippen LogP contribution in [-0.4, -0.2) is 20.7 Å². The second kappa shape index (κ2) is 9.32. The SMILES string of the molecule is O=C(CCn1ncc(=O)c2ccccc21)Nc1ncc(Cc2cc(C(F)(F)F)ccc2Cl)s1. The molecule has 1 amide bonds. The number of amides is 1. The van der Waals surface area contributed by atoms with Gasteiger partial charge >= 0.3 is 6.18 Å². The average Bonchev–Trinajstić information content (AvgIpc) is 3.21. The summed E-state index contributed by atoms with van der Waals surface area (Å²) < 4.78 is 40.5. The third-order valence-corrected chi connectivity index (χ3v) is 6.13. The van der Waals surface area contributed by atoms with Crippen LogP contribution >= 0.6 is 22.9 Å². The van der Waals surface area contributed by atoms with Gasteiger partial charge in [-0.1, -0.05) is 23.7 Å². The number of nitrogens with one attached hydrogen (secondary N) is 1. The lowest BCUT2D eigenvalue weighted by Crippen LogP contribution is -2.17. The number of hydrogen-bond acceptors (Lipinski definition) is 5. The van der Waals surface area contributed by atoms with Crippen LogP contribution in [0.25, 0.3) is 10.9 Å². The molecule has 170 valence electrons. The minimum Gasteiger partial charge on any atom is -0.302 e. The maximum Gasteiger partial charge on any atom is 0.416 e. The number of carbonyl (C=O) groups excluding carboxylic acids is 1. The molecule has 0 aliphatic heterocycles. The number of rotatable bonds is 6. The van der Waals surface area contributed by atoms with Crippen molar-refractivity contribution in [1.29, 1.82) is 0 Å². The van der Waals surface area contributed by atoms with Gasteiger partial charge in [0.25, 0.3) is 0 Å². The number of alkyl halides is 3. The van der Waals surface area contributed by atoms with Gasteiger partial charge in [0.1, 0.15) is 0 Å². The fourth-order valence-electron chi connectivity index (χ4n) is 3.25. The Hall–Kier alpha value is -3.24. The van der Waals surface area contributed by atoms with Crippen LogP contribution < -0.4 is 10.7 Å². The van der Waals surface area contributed by atoms with E-state index in [2.05, 4.69) is 15.4 Å². The summed E-state index contributed by atoms with van der Waals surface area (Å²) in [5.74, 6) is -0.308. The molecule has 4 rings (SSSR count). The molecule has 0 unspecified atom stereocenters. The molecule has 0 aliphatic rings. The minimum absolute atomic E-state index is 0.0915. The van der Waals surface area contributed by atoms with E-state index in [1.54, 1.807) is 28.9 Å². The Labute approximate surface area is 194 Å². The largest absolute Gasteiger partial charge is 0.416 e.